The molecule has 4 rings (SSSR count). The lowest BCUT2D eigenvalue weighted by Gasteiger charge is -2.32. The summed E-state index contributed by atoms with van der Waals surface area (Å²) < 4.78 is 7.00. The average molecular weight is 422 g/mol. The number of nitrogens with zero attached hydrogens (tertiary/aromatic N) is 4. The molecule has 1 unspecified atom stereocenters. The lowest BCUT2D eigenvalue weighted by atomic mass is 9.97. The predicted octanol–water partition coefficient (Wildman–Crippen LogP) is 2.35. The monoisotopic (exact) mass is 421 g/mol. The fourth-order valence-electron chi connectivity index (χ4n) is 4.12. The van der Waals surface area contributed by atoms with Crippen LogP contribution in [0.2, 0.25) is 0 Å². The Hall–Kier alpha value is -3.42. The van der Waals surface area contributed by atoms with E-state index in [0.717, 1.165) is 24.2 Å². The summed E-state index contributed by atoms with van der Waals surface area (Å²) in [5, 5.41) is 3.02. The highest BCUT2D eigenvalue weighted by Gasteiger charge is 2.28. The second-order valence-electron chi connectivity index (χ2n) is 7.65. The van der Waals surface area contributed by atoms with Gasteiger partial charge in [0.05, 0.1) is 13.0 Å². The SMILES string of the molecule is CCn1c(=O)c(N2CCCC(C(=O)NCc3ccccc3OC)C2)nc2cccnc21. The highest BCUT2D eigenvalue weighted by Crippen LogP contribution is 2.22. The molecule has 0 saturated carbocycles. The first-order valence-electron chi connectivity index (χ1n) is 10.6. The van der Waals surface area contributed by atoms with E-state index in [0.29, 0.717) is 43.2 Å². The number of hydrogen-bond acceptors (Lipinski definition) is 6. The van der Waals surface area contributed by atoms with E-state index in [1.54, 1.807) is 17.9 Å². The molecule has 3 heterocycles. The molecule has 0 aliphatic carbocycles. The molecule has 31 heavy (non-hydrogen) atoms. The first-order chi connectivity index (χ1) is 15.1. The van der Waals surface area contributed by atoms with Crippen LogP contribution in [0, 0.1) is 5.92 Å². The minimum Gasteiger partial charge on any atom is -0.496 e. The number of pyridine rings is 1. The molecule has 8 heteroatoms. The van der Waals surface area contributed by atoms with Gasteiger partial charge >= 0.3 is 0 Å². The van der Waals surface area contributed by atoms with Crippen molar-refractivity contribution in [2.45, 2.75) is 32.9 Å². The van der Waals surface area contributed by atoms with Gasteiger partial charge in [0, 0.05) is 37.9 Å². The third-order valence-electron chi connectivity index (χ3n) is 5.74. The topological polar surface area (TPSA) is 89.4 Å². The Morgan fingerprint density at radius 1 is 1.26 bits per heavy atom. The van der Waals surface area contributed by atoms with Gasteiger partial charge in [-0.2, -0.15) is 0 Å². The summed E-state index contributed by atoms with van der Waals surface area (Å²) in [6, 6.07) is 11.3. The van der Waals surface area contributed by atoms with E-state index in [9.17, 15) is 9.59 Å². The number of aryl methyl sites for hydroxylation is 1. The highest BCUT2D eigenvalue weighted by molar-refractivity contribution is 5.80. The average Bonchev–Trinajstić information content (AvgIpc) is 2.82. The fourth-order valence-corrected chi connectivity index (χ4v) is 4.12. The van der Waals surface area contributed by atoms with Gasteiger partial charge in [-0.1, -0.05) is 18.2 Å². The first-order valence-corrected chi connectivity index (χ1v) is 10.6. The maximum atomic E-state index is 13.1. The number of benzene rings is 1. The summed E-state index contributed by atoms with van der Waals surface area (Å²) >= 11 is 0. The molecular formula is C23H27N5O3. The van der Waals surface area contributed by atoms with E-state index >= 15 is 0 Å². The number of rotatable bonds is 6. The van der Waals surface area contributed by atoms with Crippen LogP contribution in [0.3, 0.4) is 0 Å². The Bertz CT molecular complexity index is 1140. The van der Waals surface area contributed by atoms with Crippen molar-refractivity contribution >= 4 is 22.9 Å². The van der Waals surface area contributed by atoms with Gasteiger partial charge in [0.2, 0.25) is 5.91 Å². The van der Waals surface area contributed by atoms with E-state index in [-0.39, 0.29) is 17.4 Å². The van der Waals surface area contributed by atoms with Crippen LogP contribution in [-0.2, 0) is 17.9 Å². The van der Waals surface area contributed by atoms with Crippen molar-refractivity contribution in [1.29, 1.82) is 0 Å². The molecule has 0 radical (unpaired) electrons. The van der Waals surface area contributed by atoms with Gasteiger partial charge in [0.25, 0.3) is 5.56 Å². The Labute approximate surface area is 180 Å². The molecule has 1 aliphatic rings. The zero-order valence-electron chi connectivity index (χ0n) is 17.9. The minimum absolute atomic E-state index is 0.0196. The van der Waals surface area contributed by atoms with Crippen molar-refractivity contribution < 1.29 is 9.53 Å². The maximum Gasteiger partial charge on any atom is 0.295 e. The van der Waals surface area contributed by atoms with Crippen LogP contribution in [0.5, 0.6) is 5.75 Å². The largest absolute Gasteiger partial charge is 0.496 e. The van der Waals surface area contributed by atoms with Crippen molar-refractivity contribution in [1.82, 2.24) is 19.9 Å². The number of aromatic nitrogens is 3. The molecule has 1 saturated heterocycles. The summed E-state index contributed by atoms with van der Waals surface area (Å²) in [6.07, 6.45) is 3.27. The molecule has 3 aromatic rings. The normalized spacial score (nSPS) is 16.3. The molecule has 0 spiro atoms. The van der Waals surface area contributed by atoms with E-state index in [1.807, 2.05) is 48.2 Å². The van der Waals surface area contributed by atoms with Gasteiger partial charge in [0.1, 0.15) is 11.3 Å². The second kappa shape index (κ2) is 9.16. The van der Waals surface area contributed by atoms with Gasteiger partial charge in [-0.15, -0.1) is 0 Å². The molecule has 1 N–H and O–H groups in total. The standard InChI is InChI=1S/C23H27N5O3/c1-3-28-20-18(10-6-12-24-20)26-21(23(28)30)27-13-7-9-17(15-27)22(29)25-14-16-8-4-5-11-19(16)31-2/h4-6,8,10-12,17H,3,7,9,13-15H2,1-2H3,(H,25,29). The zero-order valence-corrected chi connectivity index (χ0v) is 17.9. The second-order valence-corrected chi connectivity index (χ2v) is 7.65. The van der Waals surface area contributed by atoms with Crippen molar-refractivity contribution in [3.05, 3.63) is 58.5 Å². The number of piperidine rings is 1. The predicted molar refractivity (Wildman–Crippen MR) is 119 cm³/mol. The van der Waals surface area contributed by atoms with Gasteiger partial charge in [-0.25, -0.2) is 9.97 Å². The van der Waals surface area contributed by atoms with Gasteiger partial charge in [0.15, 0.2) is 11.5 Å². The molecule has 1 atom stereocenters. The summed E-state index contributed by atoms with van der Waals surface area (Å²) in [5.74, 6) is 0.921. The van der Waals surface area contributed by atoms with Crippen molar-refractivity contribution in [2.24, 2.45) is 5.92 Å². The lowest BCUT2D eigenvalue weighted by molar-refractivity contribution is -0.125. The Kier molecular flexibility index (Phi) is 6.16. The third kappa shape index (κ3) is 4.23. The van der Waals surface area contributed by atoms with E-state index in [2.05, 4.69) is 15.3 Å². The number of fused-ring (bicyclic) bond motifs is 1. The summed E-state index contributed by atoms with van der Waals surface area (Å²) in [4.78, 5) is 36.8. The summed E-state index contributed by atoms with van der Waals surface area (Å²) in [6.45, 7) is 4.01. The molecule has 162 valence electrons. The van der Waals surface area contributed by atoms with E-state index < -0.39 is 0 Å². The number of carbonyl (C=O) groups is 1. The Balaban J connectivity index is 1.52. The molecule has 1 aliphatic heterocycles. The number of carbonyl (C=O) groups excluding carboxylic acids is 1. The van der Waals surface area contributed by atoms with Crippen molar-refractivity contribution in [3.8, 4) is 5.75 Å². The van der Waals surface area contributed by atoms with Crippen LogP contribution < -0.4 is 20.5 Å². The van der Waals surface area contributed by atoms with E-state index in [4.69, 9.17) is 4.74 Å². The number of para-hydroxylation sites is 1. The van der Waals surface area contributed by atoms with Crippen LogP contribution in [0.25, 0.3) is 11.2 Å². The van der Waals surface area contributed by atoms with Crippen molar-refractivity contribution in [2.75, 3.05) is 25.1 Å². The molecule has 8 nitrogen and oxygen atoms in total. The Morgan fingerprint density at radius 3 is 2.90 bits per heavy atom. The van der Waals surface area contributed by atoms with Crippen molar-refractivity contribution in [3.63, 3.8) is 0 Å². The van der Waals surface area contributed by atoms with Gasteiger partial charge in [-0.3, -0.25) is 14.2 Å². The maximum absolute atomic E-state index is 13.1. The van der Waals surface area contributed by atoms with Gasteiger partial charge < -0.3 is 15.0 Å². The zero-order chi connectivity index (χ0) is 21.8. The molecule has 1 amide bonds. The highest BCUT2D eigenvalue weighted by atomic mass is 16.5. The van der Waals surface area contributed by atoms with Crippen LogP contribution in [0.4, 0.5) is 5.82 Å². The quantitative estimate of drug-likeness (QED) is 0.657. The van der Waals surface area contributed by atoms with Crippen LogP contribution in [0.1, 0.15) is 25.3 Å². The summed E-state index contributed by atoms with van der Waals surface area (Å²) in [7, 11) is 1.62. The fraction of sp³-hybridized carbons (Fsp3) is 0.391. The Morgan fingerprint density at radius 2 is 2.10 bits per heavy atom. The molecule has 1 fully saturated rings. The summed E-state index contributed by atoms with van der Waals surface area (Å²) in [5.41, 5.74) is 2.04. The molecular weight excluding hydrogens is 394 g/mol. The van der Waals surface area contributed by atoms with Crippen LogP contribution >= 0.6 is 0 Å². The molecule has 1 aromatic carbocycles. The first kappa shape index (κ1) is 20.8. The number of anilines is 1. The smallest absolute Gasteiger partial charge is 0.295 e. The minimum atomic E-state index is -0.204. The number of hydrogen-bond donors (Lipinski definition) is 1. The van der Waals surface area contributed by atoms with Gasteiger partial charge in [-0.05, 0) is 38.0 Å². The molecule has 2 aromatic heterocycles. The molecule has 0 bridgehead atoms. The third-order valence-corrected chi connectivity index (χ3v) is 5.74. The van der Waals surface area contributed by atoms with E-state index in [1.165, 1.54) is 0 Å². The number of ether oxygens (including phenoxy) is 1. The number of nitrogens with one attached hydrogen (secondary N) is 1. The lowest BCUT2D eigenvalue weighted by Crippen LogP contribution is -2.45. The van der Waals surface area contributed by atoms with Crippen LogP contribution in [-0.4, -0.2) is 40.6 Å². The number of methoxy groups -OCH3 is 1. The number of amides is 1. The van der Waals surface area contributed by atoms with Crippen LogP contribution in [0.15, 0.2) is 47.4 Å².